The number of aryl methyl sites for hydroxylation is 1. The molecule has 0 aliphatic rings. The maximum absolute atomic E-state index is 11.9. The molecular weight excluding hydrogens is 256 g/mol. The second kappa shape index (κ2) is 5.91. The van der Waals surface area contributed by atoms with Gasteiger partial charge < -0.3 is 15.0 Å². The van der Waals surface area contributed by atoms with Crippen LogP contribution < -0.4 is 5.73 Å². The predicted octanol–water partition coefficient (Wildman–Crippen LogP) is 2.01. The van der Waals surface area contributed by atoms with E-state index in [-0.39, 0.29) is 12.4 Å². The number of nitrogens with two attached hydrogens (primary N) is 1. The Morgan fingerprint density at radius 3 is 2.61 bits per heavy atom. The van der Waals surface area contributed by atoms with E-state index in [0.29, 0.717) is 12.1 Å². The summed E-state index contributed by atoms with van der Waals surface area (Å²) in [5.74, 6) is -0.105. The summed E-state index contributed by atoms with van der Waals surface area (Å²) >= 11 is 5.80. The van der Waals surface area contributed by atoms with Gasteiger partial charge >= 0.3 is 6.09 Å². The zero-order valence-corrected chi connectivity index (χ0v) is 11.5. The maximum Gasteiger partial charge on any atom is 0.404 e. The van der Waals surface area contributed by atoms with Gasteiger partial charge in [-0.2, -0.15) is 0 Å². The highest BCUT2D eigenvalue weighted by Crippen LogP contribution is 2.18. The van der Waals surface area contributed by atoms with Gasteiger partial charge in [-0.3, -0.25) is 4.79 Å². The highest BCUT2D eigenvalue weighted by atomic mass is 35.5. The molecule has 6 heteroatoms. The minimum Gasteiger partial charge on any atom is -0.448 e. The topological polar surface area (TPSA) is 74.3 Å². The Labute approximate surface area is 111 Å². The van der Waals surface area contributed by atoms with Crippen molar-refractivity contribution in [2.75, 3.05) is 6.61 Å². The molecule has 1 heterocycles. The fourth-order valence-corrected chi connectivity index (χ4v) is 1.96. The number of Topliss-reactive ketones (excluding diaryl/α,β-unsaturated/α-hetero) is 1. The van der Waals surface area contributed by atoms with Crippen molar-refractivity contribution in [1.29, 1.82) is 0 Å². The number of ketones is 1. The average Bonchev–Trinajstić information content (AvgIpc) is 2.55. The highest BCUT2D eigenvalue weighted by Gasteiger charge is 2.19. The van der Waals surface area contributed by atoms with Crippen LogP contribution in [0.4, 0.5) is 4.79 Å². The molecule has 18 heavy (non-hydrogen) atoms. The maximum atomic E-state index is 11.9. The van der Waals surface area contributed by atoms with E-state index in [1.807, 2.05) is 18.4 Å². The van der Waals surface area contributed by atoms with Gasteiger partial charge in [-0.25, -0.2) is 4.79 Å². The summed E-state index contributed by atoms with van der Waals surface area (Å²) in [7, 11) is 0. The van der Waals surface area contributed by atoms with E-state index in [1.165, 1.54) is 0 Å². The lowest BCUT2D eigenvalue weighted by atomic mass is 10.1. The van der Waals surface area contributed by atoms with Crippen LogP contribution >= 0.6 is 11.6 Å². The van der Waals surface area contributed by atoms with Gasteiger partial charge in [-0.15, -0.1) is 11.6 Å². The molecular formula is C12H17ClN2O3. The molecule has 0 bridgehead atoms. The van der Waals surface area contributed by atoms with Crippen LogP contribution in [0.15, 0.2) is 6.07 Å². The van der Waals surface area contributed by atoms with E-state index in [2.05, 4.69) is 4.74 Å². The number of amides is 1. The summed E-state index contributed by atoms with van der Waals surface area (Å²) in [6, 6.07) is 1.79. The lowest BCUT2D eigenvalue weighted by Crippen LogP contribution is -2.18. The van der Waals surface area contributed by atoms with Gasteiger partial charge in [0, 0.05) is 17.0 Å². The molecule has 1 atom stereocenters. The Morgan fingerprint density at radius 2 is 2.11 bits per heavy atom. The molecule has 1 unspecified atom stereocenters. The zero-order valence-electron chi connectivity index (χ0n) is 10.7. The number of nitrogens with zero attached hydrogens (tertiary/aromatic N) is 1. The Bertz CT molecular complexity index is 466. The number of ether oxygens (including phenoxy) is 1. The van der Waals surface area contributed by atoms with E-state index >= 15 is 0 Å². The van der Waals surface area contributed by atoms with Crippen LogP contribution in [0.3, 0.4) is 0 Å². The second-order valence-electron chi connectivity index (χ2n) is 4.08. The molecule has 0 radical (unpaired) electrons. The van der Waals surface area contributed by atoms with Gasteiger partial charge in [-0.05, 0) is 26.8 Å². The molecule has 100 valence electrons. The number of primary amides is 1. The SMILES string of the molecule is Cc1cc(C(=O)C(C)Cl)c(C)n1CCOC(N)=O. The molecule has 0 fully saturated rings. The quantitative estimate of drug-likeness (QED) is 0.658. The first-order valence-electron chi connectivity index (χ1n) is 5.61. The summed E-state index contributed by atoms with van der Waals surface area (Å²) < 4.78 is 6.58. The van der Waals surface area contributed by atoms with Gasteiger partial charge in [0.2, 0.25) is 0 Å². The van der Waals surface area contributed by atoms with Crippen molar-refractivity contribution in [3.05, 3.63) is 23.0 Å². The molecule has 1 aromatic rings. The molecule has 0 aliphatic heterocycles. The van der Waals surface area contributed by atoms with Crippen LogP contribution in [0.1, 0.15) is 28.7 Å². The summed E-state index contributed by atoms with van der Waals surface area (Å²) in [6.07, 6.45) is -0.803. The molecule has 0 aromatic carbocycles. The van der Waals surface area contributed by atoms with E-state index in [9.17, 15) is 9.59 Å². The number of carbonyl (C=O) groups excluding carboxylic acids is 2. The standard InChI is InChI=1S/C12H17ClN2O3/c1-7-6-10(11(16)8(2)13)9(3)15(7)4-5-18-12(14)17/h6,8H,4-5H2,1-3H3,(H2,14,17). The fourth-order valence-electron chi connectivity index (χ4n) is 1.85. The lowest BCUT2D eigenvalue weighted by molar-refractivity contribution is 0.0990. The van der Waals surface area contributed by atoms with Crippen LogP contribution in [0, 0.1) is 13.8 Å². The van der Waals surface area contributed by atoms with Gasteiger partial charge in [0.1, 0.15) is 6.61 Å². The second-order valence-corrected chi connectivity index (χ2v) is 4.74. The van der Waals surface area contributed by atoms with Crippen LogP contribution in [-0.4, -0.2) is 28.4 Å². The van der Waals surface area contributed by atoms with Crippen molar-refractivity contribution in [2.45, 2.75) is 32.7 Å². The van der Waals surface area contributed by atoms with E-state index in [4.69, 9.17) is 17.3 Å². The highest BCUT2D eigenvalue weighted by molar-refractivity contribution is 6.33. The summed E-state index contributed by atoms with van der Waals surface area (Å²) in [6.45, 7) is 6.00. The average molecular weight is 273 g/mol. The van der Waals surface area contributed by atoms with Crippen molar-refractivity contribution in [2.24, 2.45) is 5.73 Å². The van der Waals surface area contributed by atoms with Crippen molar-refractivity contribution < 1.29 is 14.3 Å². The molecule has 1 aromatic heterocycles. The normalized spacial score (nSPS) is 12.2. The molecule has 0 saturated carbocycles. The number of carbonyl (C=O) groups is 2. The van der Waals surface area contributed by atoms with Gasteiger partial charge in [-0.1, -0.05) is 0 Å². The minimum absolute atomic E-state index is 0.105. The van der Waals surface area contributed by atoms with Crippen LogP contribution in [0.5, 0.6) is 0 Å². The first kappa shape index (κ1) is 14.6. The predicted molar refractivity (Wildman–Crippen MR) is 69.1 cm³/mol. The fraction of sp³-hybridized carbons (Fsp3) is 0.500. The van der Waals surface area contributed by atoms with E-state index in [0.717, 1.165) is 11.4 Å². The molecule has 0 spiro atoms. The number of hydrogen-bond donors (Lipinski definition) is 1. The Kier molecular flexibility index (Phi) is 4.78. The van der Waals surface area contributed by atoms with Crippen molar-refractivity contribution in [3.63, 3.8) is 0 Å². The molecule has 0 aliphatic carbocycles. The lowest BCUT2D eigenvalue weighted by Gasteiger charge is -2.09. The number of aromatic nitrogens is 1. The van der Waals surface area contributed by atoms with Crippen molar-refractivity contribution in [1.82, 2.24) is 4.57 Å². The number of alkyl halides is 1. The Morgan fingerprint density at radius 1 is 1.50 bits per heavy atom. The zero-order chi connectivity index (χ0) is 13.9. The third kappa shape index (κ3) is 3.26. The molecule has 5 nitrogen and oxygen atoms in total. The molecule has 0 saturated heterocycles. The Hall–Kier alpha value is -1.49. The monoisotopic (exact) mass is 272 g/mol. The van der Waals surface area contributed by atoms with Crippen LogP contribution in [-0.2, 0) is 11.3 Å². The van der Waals surface area contributed by atoms with Crippen molar-refractivity contribution in [3.8, 4) is 0 Å². The largest absolute Gasteiger partial charge is 0.448 e. The van der Waals surface area contributed by atoms with Gasteiger partial charge in [0.15, 0.2) is 5.78 Å². The Balaban J connectivity index is 2.87. The third-order valence-corrected chi connectivity index (χ3v) is 2.96. The smallest absolute Gasteiger partial charge is 0.404 e. The summed E-state index contributed by atoms with van der Waals surface area (Å²) in [4.78, 5) is 22.3. The van der Waals surface area contributed by atoms with Crippen LogP contribution in [0.25, 0.3) is 0 Å². The minimum atomic E-state index is -0.803. The van der Waals surface area contributed by atoms with Gasteiger partial charge in [0.05, 0.1) is 11.9 Å². The van der Waals surface area contributed by atoms with Crippen LogP contribution in [0.2, 0.25) is 0 Å². The summed E-state index contributed by atoms with van der Waals surface area (Å²) in [5.41, 5.74) is 7.22. The number of halogens is 1. The third-order valence-electron chi connectivity index (χ3n) is 2.76. The van der Waals surface area contributed by atoms with E-state index in [1.54, 1.807) is 13.0 Å². The molecule has 2 N–H and O–H groups in total. The first-order chi connectivity index (χ1) is 8.34. The number of rotatable bonds is 5. The van der Waals surface area contributed by atoms with Crippen molar-refractivity contribution >= 4 is 23.5 Å². The molecule has 1 amide bonds. The summed E-state index contributed by atoms with van der Waals surface area (Å²) in [5, 5.41) is -0.555. The molecule has 1 rings (SSSR count). The van der Waals surface area contributed by atoms with Gasteiger partial charge in [0.25, 0.3) is 0 Å². The number of hydrogen-bond acceptors (Lipinski definition) is 3. The van der Waals surface area contributed by atoms with E-state index < -0.39 is 11.5 Å². The first-order valence-corrected chi connectivity index (χ1v) is 6.05.